The fourth-order valence-corrected chi connectivity index (χ4v) is 3.86. The highest BCUT2D eigenvalue weighted by Gasteiger charge is 2.31. The average molecular weight is 354 g/mol. The Morgan fingerprint density at radius 3 is 2.65 bits per heavy atom. The Morgan fingerprint density at radius 1 is 1.27 bits per heavy atom. The number of piperidine rings is 1. The van der Waals surface area contributed by atoms with Crippen molar-refractivity contribution in [3.63, 3.8) is 0 Å². The fraction of sp³-hybridized carbons (Fsp3) is 0.500. The summed E-state index contributed by atoms with van der Waals surface area (Å²) in [5.41, 5.74) is 2.33. The molecule has 1 aliphatic rings. The topological polar surface area (TPSA) is 45.5 Å². The van der Waals surface area contributed by atoms with Crippen molar-refractivity contribution >= 4 is 5.91 Å². The first-order valence-corrected chi connectivity index (χ1v) is 9.53. The molecule has 1 aromatic heterocycles. The maximum atomic E-state index is 12.8. The van der Waals surface area contributed by atoms with E-state index >= 15 is 0 Å². The SMILES string of the molecule is Cc1ccc(C(CC(=O)NC2CC(C)N(C)CC2C)c2ccco2)cc1. The first-order valence-electron chi connectivity index (χ1n) is 9.53. The molecular weight excluding hydrogens is 324 g/mol. The summed E-state index contributed by atoms with van der Waals surface area (Å²) in [5, 5.41) is 3.29. The van der Waals surface area contributed by atoms with Crippen molar-refractivity contribution in [1.82, 2.24) is 10.2 Å². The van der Waals surface area contributed by atoms with Gasteiger partial charge in [0.1, 0.15) is 5.76 Å². The lowest BCUT2D eigenvalue weighted by atomic mass is 9.88. The quantitative estimate of drug-likeness (QED) is 0.884. The summed E-state index contributed by atoms with van der Waals surface area (Å²) in [6.45, 7) is 7.53. The monoisotopic (exact) mass is 354 g/mol. The van der Waals surface area contributed by atoms with Gasteiger partial charge in [-0.05, 0) is 50.9 Å². The van der Waals surface area contributed by atoms with Crippen molar-refractivity contribution in [2.24, 2.45) is 5.92 Å². The second-order valence-corrected chi connectivity index (χ2v) is 7.86. The van der Waals surface area contributed by atoms with E-state index in [0.717, 1.165) is 24.3 Å². The number of carbonyl (C=O) groups is 1. The summed E-state index contributed by atoms with van der Waals surface area (Å²) < 4.78 is 5.64. The third-order valence-corrected chi connectivity index (χ3v) is 5.71. The summed E-state index contributed by atoms with van der Waals surface area (Å²) >= 11 is 0. The third kappa shape index (κ3) is 4.36. The van der Waals surface area contributed by atoms with Crippen LogP contribution < -0.4 is 5.32 Å². The number of carbonyl (C=O) groups excluding carboxylic acids is 1. The zero-order valence-electron chi connectivity index (χ0n) is 16.2. The van der Waals surface area contributed by atoms with E-state index in [1.54, 1.807) is 6.26 Å². The molecule has 2 heterocycles. The van der Waals surface area contributed by atoms with Crippen LogP contribution in [0.5, 0.6) is 0 Å². The Bertz CT molecular complexity index is 708. The predicted octanol–water partition coefficient (Wildman–Crippen LogP) is 3.95. The smallest absolute Gasteiger partial charge is 0.221 e. The van der Waals surface area contributed by atoms with Crippen LogP contribution in [0.15, 0.2) is 47.1 Å². The standard InChI is InChI=1S/C22H30N2O2/c1-15-7-9-18(10-8-15)19(21-6-5-11-26-21)13-22(25)23-20-12-17(3)24(4)14-16(20)2/h5-11,16-17,19-20H,12-14H2,1-4H3,(H,23,25). The van der Waals surface area contributed by atoms with Crippen LogP contribution in [-0.2, 0) is 4.79 Å². The van der Waals surface area contributed by atoms with E-state index in [9.17, 15) is 4.79 Å². The van der Waals surface area contributed by atoms with Gasteiger partial charge >= 0.3 is 0 Å². The molecule has 0 aliphatic carbocycles. The van der Waals surface area contributed by atoms with Gasteiger partial charge in [-0.3, -0.25) is 4.79 Å². The maximum Gasteiger partial charge on any atom is 0.221 e. The molecule has 1 N–H and O–H groups in total. The number of aryl methyl sites for hydroxylation is 1. The van der Waals surface area contributed by atoms with Crippen LogP contribution in [0.1, 0.15) is 49.5 Å². The molecule has 3 rings (SSSR count). The van der Waals surface area contributed by atoms with Gasteiger partial charge in [-0.15, -0.1) is 0 Å². The molecule has 4 atom stereocenters. The minimum absolute atomic E-state index is 0.0513. The highest BCUT2D eigenvalue weighted by Crippen LogP contribution is 2.29. The number of hydrogen-bond donors (Lipinski definition) is 1. The summed E-state index contributed by atoms with van der Waals surface area (Å²) in [5.74, 6) is 1.35. The highest BCUT2D eigenvalue weighted by atomic mass is 16.3. The van der Waals surface area contributed by atoms with Crippen LogP contribution in [0, 0.1) is 12.8 Å². The zero-order valence-corrected chi connectivity index (χ0v) is 16.2. The van der Waals surface area contributed by atoms with Gasteiger partial charge in [0.2, 0.25) is 5.91 Å². The van der Waals surface area contributed by atoms with Crippen molar-refractivity contribution in [3.8, 4) is 0 Å². The Kier molecular flexibility index (Phi) is 5.82. The Morgan fingerprint density at radius 2 is 2.00 bits per heavy atom. The molecule has 26 heavy (non-hydrogen) atoms. The summed E-state index contributed by atoms with van der Waals surface area (Å²) in [6.07, 6.45) is 3.08. The number of nitrogens with one attached hydrogen (secondary N) is 1. The molecule has 1 fully saturated rings. The molecule has 140 valence electrons. The van der Waals surface area contributed by atoms with Crippen LogP contribution in [-0.4, -0.2) is 36.5 Å². The van der Waals surface area contributed by atoms with E-state index in [1.807, 2.05) is 12.1 Å². The van der Waals surface area contributed by atoms with Gasteiger partial charge < -0.3 is 14.6 Å². The van der Waals surface area contributed by atoms with Gasteiger partial charge in [0.05, 0.1) is 12.2 Å². The molecule has 1 saturated heterocycles. The predicted molar refractivity (Wildman–Crippen MR) is 104 cm³/mol. The Balaban J connectivity index is 1.71. The number of likely N-dealkylation sites (tertiary alicyclic amines) is 1. The first kappa shape index (κ1) is 18.7. The molecule has 0 saturated carbocycles. The summed E-state index contributed by atoms with van der Waals surface area (Å²) in [6, 6.07) is 12.9. The number of furan rings is 1. The lowest BCUT2D eigenvalue weighted by molar-refractivity contribution is -0.123. The van der Waals surface area contributed by atoms with Crippen molar-refractivity contribution in [3.05, 3.63) is 59.5 Å². The van der Waals surface area contributed by atoms with Gasteiger partial charge in [0.15, 0.2) is 0 Å². The van der Waals surface area contributed by atoms with E-state index in [2.05, 4.69) is 62.3 Å². The lowest BCUT2D eigenvalue weighted by Gasteiger charge is -2.40. The third-order valence-electron chi connectivity index (χ3n) is 5.71. The van der Waals surface area contributed by atoms with Gasteiger partial charge in [0, 0.05) is 25.0 Å². The molecule has 4 heteroatoms. The molecule has 1 aliphatic heterocycles. The molecule has 2 aromatic rings. The van der Waals surface area contributed by atoms with Crippen LogP contribution in [0.2, 0.25) is 0 Å². The van der Waals surface area contributed by atoms with E-state index in [4.69, 9.17) is 4.42 Å². The molecule has 1 amide bonds. The van der Waals surface area contributed by atoms with Gasteiger partial charge in [0.25, 0.3) is 0 Å². The fourth-order valence-electron chi connectivity index (χ4n) is 3.86. The molecule has 1 aromatic carbocycles. The largest absolute Gasteiger partial charge is 0.469 e. The van der Waals surface area contributed by atoms with Gasteiger partial charge in [-0.25, -0.2) is 0 Å². The number of rotatable bonds is 5. The summed E-state index contributed by atoms with van der Waals surface area (Å²) in [4.78, 5) is 15.2. The Labute approximate surface area is 156 Å². The number of benzene rings is 1. The van der Waals surface area contributed by atoms with Crippen LogP contribution in [0.3, 0.4) is 0 Å². The highest BCUT2D eigenvalue weighted by molar-refractivity contribution is 5.77. The van der Waals surface area contributed by atoms with Gasteiger partial charge in [-0.1, -0.05) is 36.8 Å². The van der Waals surface area contributed by atoms with E-state index in [0.29, 0.717) is 18.4 Å². The summed E-state index contributed by atoms with van der Waals surface area (Å²) in [7, 11) is 2.16. The Hall–Kier alpha value is -2.07. The van der Waals surface area contributed by atoms with E-state index < -0.39 is 0 Å². The zero-order chi connectivity index (χ0) is 18.7. The van der Waals surface area contributed by atoms with E-state index in [1.165, 1.54) is 5.56 Å². The molecule has 0 spiro atoms. The van der Waals surface area contributed by atoms with Crippen LogP contribution in [0.4, 0.5) is 0 Å². The first-order chi connectivity index (χ1) is 12.4. The average Bonchev–Trinajstić information content (AvgIpc) is 3.13. The molecule has 0 radical (unpaired) electrons. The second kappa shape index (κ2) is 8.09. The van der Waals surface area contributed by atoms with Crippen molar-refractivity contribution in [2.45, 2.75) is 51.6 Å². The van der Waals surface area contributed by atoms with Crippen molar-refractivity contribution in [1.29, 1.82) is 0 Å². The van der Waals surface area contributed by atoms with Crippen LogP contribution >= 0.6 is 0 Å². The van der Waals surface area contributed by atoms with Gasteiger partial charge in [-0.2, -0.15) is 0 Å². The second-order valence-electron chi connectivity index (χ2n) is 7.86. The minimum atomic E-state index is -0.0513. The van der Waals surface area contributed by atoms with E-state index in [-0.39, 0.29) is 17.9 Å². The number of amides is 1. The number of hydrogen-bond acceptors (Lipinski definition) is 3. The molecule has 4 unspecified atom stereocenters. The molecule has 0 bridgehead atoms. The molecule has 4 nitrogen and oxygen atoms in total. The van der Waals surface area contributed by atoms with Crippen molar-refractivity contribution < 1.29 is 9.21 Å². The maximum absolute atomic E-state index is 12.8. The lowest BCUT2D eigenvalue weighted by Crippen LogP contribution is -2.52. The normalized spacial score (nSPS) is 25.0. The molecular formula is C22H30N2O2. The minimum Gasteiger partial charge on any atom is -0.469 e. The number of nitrogens with zero attached hydrogens (tertiary/aromatic N) is 1. The van der Waals surface area contributed by atoms with Crippen LogP contribution in [0.25, 0.3) is 0 Å². The van der Waals surface area contributed by atoms with Crippen molar-refractivity contribution in [2.75, 3.05) is 13.6 Å².